The summed E-state index contributed by atoms with van der Waals surface area (Å²) in [7, 11) is 4.20. The fraction of sp³-hybridized carbons (Fsp3) is 0.125. The summed E-state index contributed by atoms with van der Waals surface area (Å²) in [6.45, 7) is 1.73. The van der Waals surface area contributed by atoms with Crippen molar-refractivity contribution < 1.29 is 14.3 Å². The van der Waals surface area contributed by atoms with Gasteiger partial charge in [0, 0.05) is 18.7 Å². The van der Waals surface area contributed by atoms with Crippen LogP contribution in [0.4, 0.5) is 5.69 Å². The predicted molar refractivity (Wildman–Crippen MR) is 126 cm³/mol. The number of aromatic nitrogens is 1. The smallest absolute Gasteiger partial charge is 0.296 e. The third-order valence-corrected chi connectivity index (χ3v) is 5.49. The zero-order chi connectivity index (χ0) is 22.8. The molecule has 3 aromatic rings. The highest BCUT2D eigenvalue weighted by Crippen LogP contribution is 2.31. The van der Waals surface area contributed by atoms with Gasteiger partial charge in [0.15, 0.2) is 0 Å². The van der Waals surface area contributed by atoms with Gasteiger partial charge < -0.3 is 9.64 Å². The molecular formula is C24H19N4O3P. The van der Waals surface area contributed by atoms with E-state index in [2.05, 4.69) is 19.2 Å². The molecular weight excluding hydrogens is 423 g/mol. The standard InChI is InChI=1S/C24H19N4O3P/c1-14-3-9-18(26-22(14)16-5-7-17(32)8-6-16)23(29)27-19-13-31-21-11-15(12-25)4-10-20(21)28(2)24(19)30/h3-11H,13,32H2,1-2H3. The number of fused-ring (bicyclic) bond motifs is 1. The Labute approximate surface area is 187 Å². The van der Waals surface area contributed by atoms with Gasteiger partial charge in [-0.3, -0.25) is 9.59 Å². The molecule has 1 aliphatic heterocycles. The Kier molecular flexibility index (Phi) is 5.81. The Morgan fingerprint density at radius 2 is 1.94 bits per heavy atom. The van der Waals surface area contributed by atoms with Gasteiger partial charge in [-0.15, -0.1) is 9.24 Å². The summed E-state index contributed by atoms with van der Waals surface area (Å²) in [5.74, 6) is -0.700. The molecule has 1 aliphatic rings. The molecule has 0 spiro atoms. The third-order valence-electron chi connectivity index (χ3n) is 5.10. The first-order chi connectivity index (χ1) is 15.4. The molecule has 2 aromatic carbocycles. The number of hydrogen-bond acceptors (Lipinski definition) is 5. The molecule has 8 heteroatoms. The molecule has 0 radical (unpaired) electrons. The number of hydrogen-bond donors (Lipinski definition) is 0. The van der Waals surface area contributed by atoms with Crippen LogP contribution < -0.4 is 14.9 Å². The summed E-state index contributed by atoms with van der Waals surface area (Å²) in [5.41, 5.74) is 3.49. The van der Waals surface area contributed by atoms with Gasteiger partial charge in [-0.05, 0) is 36.0 Å². The van der Waals surface area contributed by atoms with Crippen molar-refractivity contribution in [2.75, 3.05) is 18.6 Å². The molecule has 7 nitrogen and oxygen atoms in total. The highest BCUT2D eigenvalue weighted by Gasteiger charge is 2.27. The number of pyridine rings is 1. The number of carbonyl (C=O) groups is 2. The number of aliphatic imine (C=N–C) groups is 1. The lowest BCUT2D eigenvalue weighted by Gasteiger charge is -2.15. The molecule has 2 amide bonds. The van der Waals surface area contributed by atoms with Gasteiger partial charge in [0.2, 0.25) is 0 Å². The first-order valence-electron chi connectivity index (χ1n) is 9.78. The van der Waals surface area contributed by atoms with Crippen molar-refractivity contribution in [1.29, 1.82) is 5.26 Å². The van der Waals surface area contributed by atoms with Crippen molar-refractivity contribution in [3.8, 4) is 23.1 Å². The first-order valence-corrected chi connectivity index (χ1v) is 10.4. The molecule has 0 saturated carbocycles. The van der Waals surface area contributed by atoms with Crippen LogP contribution in [0.3, 0.4) is 0 Å². The third kappa shape index (κ3) is 4.14. The van der Waals surface area contributed by atoms with Crippen molar-refractivity contribution in [1.82, 2.24) is 4.98 Å². The zero-order valence-corrected chi connectivity index (χ0v) is 18.6. The Bertz CT molecular complexity index is 1310. The largest absolute Gasteiger partial charge is 0.485 e. The van der Waals surface area contributed by atoms with Crippen LogP contribution in [0.1, 0.15) is 21.6 Å². The minimum atomic E-state index is -0.627. The summed E-state index contributed by atoms with van der Waals surface area (Å²) >= 11 is 0. The summed E-state index contributed by atoms with van der Waals surface area (Å²) < 4.78 is 5.69. The van der Waals surface area contributed by atoms with Crippen LogP contribution in [-0.4, -0.2) is 36.2 Å². The molecule has 1 aromatic heterocycles. The van der Waals surface area contributed by atoms with Crippen LogP contribution >= 0.6 is 9.24 Å². The average molecular weight is 442 g/mol. The van der Waals surface area contributed by atoms with Crippen molar-refractivity contribution in [2.24, 2.45) is 4.99 Å². The van der Waals surface area contributed by atoms with E-state index in [0.29, 0.717) is 22.7 Å². The Morgan fingerprint density at radius 1 is 1.19 bits per heavy atom. The molecule has 2 heterocycles. The second-order valence-corrected chi connectivity index (χ2v) is 7.96. The van der Waals surface area contributed by atoms with Crippen molar-refractivity contribution in [3.63, 3.8) is 0 Å². The molecule has 158 valence electrons. The maximum atomic E-state index is 12.9. The molecule has 0 N–H and O–H groups in total. The number of benzene rings is 2. The number of amides is 2. The minimum absolute atomic E-state index is 0.0384. The van der Waals surface area contributed by atoms with Gasteiger partial charge in [0.1, 0.15) is 23.8 Å². The second-order valence-electron chi connectivity index (χ2n) is 7.29. The number of ether oxygens (including phenoxy) is 1. The Morgan fingerprint density at radius 3 is 2.66 bits per heavy atom. The molecule has 32 heavy (non-hydrogen) atoms. The van der Waals surface area contributed by atoms with Gasteiger partial charge in [-0.2, -0.15) is 5.26 Å². The summed E-state index contributed by atoms with van der Waals surface area (Å²) in [5, 5.41) is 10.1. The molecule has 1 atom stereocenters. The first kappa shape index (κ1) is 21.4. The topological polar surface area (TPSA) is 95.6 Å². The second kappa shape index (κ2) is 8.70. The number of carbonyl (C=O) groups excluding carboxylic acids is 2. The summed E-state index contributed by atoms with van der Waals surface area (Å²) in [6.07, 6.45) is 0. The van der Waals surface area contributed by atoms with E-state index in [1.54, 1.807) is 37.4 Å². The van der Waals surface area contributed by atoms with Crippen LogP contribution in [0, 0.1) is 18.3 Å². The normalized spacial score (nSPS) is 14.4. The van der Waals surface area contributed by atoms with Gasteiger partial charge in [-0.25, -0.2) is 9.98 Å². The molecule has 0 bridgehead atoms. The van der Waals surface area contributed by atoms with E-state index in [-0.39, 0.29) is 18.0 Å². The van der Waals surface area contributed by atoms with E-state index < -0.39 is 11.8 Å². The van der Waals surface area contributed by atoms with Crippen molar-refractivity contribution in [3.05, 3.63) is 71.4 Å². The van der Waals surface area contributed by atoms with Gasteiger partial charge in [-0.1, -0.05) is 30.3 Å². The zero-order valence-electron chi connectivity index (χ0n) is 17.5. The molecule has 0 aliphatic carbocycles. The minimum Gasteiger partial charge on any atom is -0.485 e. The van der Waals surface area contributed by atoms with Crippen molar-refractivity contribution in [2.45, 2.75) is 6.92 Å². The van der Waals surface area contributed by atoms with E-state index in [4.69, 9.17) is 10.00 Å². The van der Waals surface area contributed by atoms with Crippen LogP contribution in [-0.2, 0) is 4.79 Å². The van der Waals surface area contributed by atoms with Gasteiger partial charge in [0.25, 0.3) is 11.8 Å². The fourth-order valence-electron chi connectivity index (χ4n) is 3.33. The van der Waals surface area contributed by atoms with Gasteiger partial charge >= 0.3 is 0 Å². The van der Waals surface area contributed by atoms with E-state index in [9.17, 15) is 9.59 Å². The summed E-state index contributed by atoms with van der Waals surface area (Å²) in [4.78, 5) is 35.6. The van der Waals surface area contributed by atoms with Crippen LogP contribution in [0.2, 0.25) is 0 Å². The predicted octanol–water partition coefficient (Wildman–Crippen LogP) is 3.07. The lowest BCUT2D eigenvalue weighted by atomic mass is 10.1. The van der Waals surface area contributed by atoms with Gasteiger partial charge in [0.05, 0.1) is 23.0 Å². The average Bonchev–Trinajstić information content (AvgIpc) is 2.91. The number of nitrogens with zero attached hydrogens (tertiary/aromatic N) is 4. The van der Waals surface area contributed by atoms with E-state index in [0.717, 1.165) is 16.4 Å². The quantitative estimate of drug-likeness (QED) is 0.569. The molecule has 0 fully saturated rings. The SMILES string of the molecule is Cc1ccc(C(=O)N=C2COc3cc(C#N)ccc3N(C)C2=O)nc1-c1ccc(P)cc1. The Balaban J connectivity index is 1.65. The van der Waals surface area contributed by atoms with Crippen LogP contribution in [0.15, 0.2) is 59.6 Å². The summed E-state index contributed by atoms with van der Waals surface area (Å²) in [6, 6.07) is 18.0. The number of aryl methyl sites for hydroxylation is 1. The highest BCUT2D eigenvalue weighted by atomic mass is 31.0. The van der Waals surface area contributed by atoms with Crippen LogP contribution in [0.5, 0.6) is 5.75 Å². The molecule has 4 rings (SSSR count). The highest BCUT2D eigenvalue weighted by molar-refractivity contribution is 7.27. The van der Waals surface area contributed by atoms with Crippen molar-refractivity contribution >= 4 is 37.8 Å². The lowest BCUT2D eigenvalue weighted by molar-refractivity contribution is -0.112. The lowest BCUT2D eigenvalue weighted by Crippen LogP contribution is -2.34. The number of anilines is 1. The maximum absolute atomic E-state index is 12.9. The Hall–Kier alpha value is -3.88. The molecule has 1 unspecified atom stereocenters. The van der Waals surface area contributed by atoms with E-state index in [1.807, 2.05) is 37.3 Å². The molecule has 0 saturated heterocycles. The number of rotatable bonds is 2. The maximum Gasteiger partial charge on any atom is 0.296 e. The monoisotopic (exact) mass is 442 g/mol. The van der Waals surface area contributed by atoms with Crippen LogP contribution in [0.25, 0.3) is 11.3 Å². The van der Waals surface area contributed by atoms with E-state index >= 15 is 0 Å². The number of nitriles is 1. The van der Waals surface area contributed by atoms with E-state index in [1.165, 1.54) is 4.90 Å². The fourth-order valence-corrected chi connectivity index (χ4v) is 3.52.